The van der Waals surface area contributed by atoms with Crippen LogP contribution in [0.15, 0.2) is 23.0 Å². The van der Waals surface area contributed by atoms with Crippen LogP contribution in [0, 0.1) is 5.82 Å². The van der Waals surface area contributed by atoms with Gasteiger partial charge in [-0.25, -0.2) is 19.0 Å². The van der Waals surface area contributed by atoms with Gasteiger partial charge in [0, 0.05) is 48.3 Å². The van der Waals surface area contributed by atoms with Gasteiger partial charge in [-0.05, 0) is 57.7 Å². The Kier molecular flexibility index (Phi) is 7.40. The number of pyridine rings is 2. The standard InChI is InChI=1S/C32H37FN4O7/c1-6-32(41)22-12-25-27-20(15-37(25)28(38)21(22)16-43-29(32)39)19(18-11-26(42-5)23(33)13-24(18)35-27)14-36-9-7-17(8-10-36)34-30(40)44-31(2,3)4/h11-13,17,41H,6-10,14-16H2,1-5H3,(H,34,40)/t32-/m0/s1. The van der Waals surface area contributed by atoms with Gasteiger partial charge in [0.25, 0.3) is 5.56 Å². The maximum Gasteiger partial charge on any atom is 0.407 e. The Labute approximate surface area is 253 Å². The number of fused-ring (bicyclic) bond motifs is 5. The summed E-state index contributed by atoms with van der Waals surface area (Å²) in [5.41, 5.74) is 0.666. The first kappa shape index (κ1) is 30.0. The molecule has 1 atom stereocenters. The molecule has 0 radical (unpaired) electrons. The van der Waals surface area contributed by atoms with Crippen LogP contribution in [0.3, 0.4) is 0 Å². The molecule has 6 rings (SSSR count). The van der Waals surface area contributed by atoms with Gasteiger partial charge < -0.3 is 29.2 Å². The summed E-state index contributed by atoms with van der Waals surface area (Å²) in [5.74, 6) is -1.26. The molecule has 3 aromatic rings. The minimum atomic E-state index is -1.94. The van der Waals surface area contributed by atoms with Crippen LogP contribution >= 0.6 is 0 Å². The minimum absolute atomic E-state index is 0.0217. The Hall–Kier alpha value is -4.03. The zero-order valence-electron chi connectivity index (χ0n) is 25.6. The number of amides is 1. The van der Waals surface area contributed by atoms with Crippen LogP contribution in [0.1, 0.15) is 69.2 Å². The average Bonchev–Trinajstić information content (AvgIpc) is 3.33. The number of nitrogens with one attached hydrogen (secondary N) is 1. The van der Waals surface area contributed by atoms with Crippen molar-refractivity contribution in [1.82, 2.24) is 19.8 Å². The fourth-order valence-electron chi connectivity index (χ4n) is 6.43. The second kappa shape index (κ2) is 10.8. The van der Waals surface area contributed by atoms with Gasteiger partial charge in [-0.15, -0.1) is 0 Å². The summed E-state index contributed by atoms with van der Waals surface area (Å²) in [6.45, 7) is 9.03. The lowest BCUT2D eigenvalue weighted by molar-refractivity contribution is -0.172. The van der Waals surface area contributed by atoms with Gasteiger partial charge in [-0.1, -0.05) is 6.92 Å². The van der Waals surface area contributed by atoms with Crippen LogP contribution < -0.4 is 15.6 Å². The number of carbonyl (C=O) groups is 2. The summed E-state index contributed by atoms with van der Waals surface area (Å²) in [7, 11) is 1.41. The van der Waals surface area contributed by atoms with Crippen molar-refractivity contribution < 1.29 is 33.3 Å². The van der Waals surface area contributed by atoms with E-state index < -0.39 is 29.1 Å². The molecule has 1 amide bonds. The summed E-state index contributed by atoms with van der Waals surface area (Å²) in [6.07, 6.45) is 1.04. The maximum atomic E-state index is 14.9. The molecule has 0 saturated carbocycles. The smallest absolute Gasteiger partial charge is 0.407 e. The zero-order chi connectivity index (χ0) is 31.6. The van der Waals surface area contributed by atoms with Gasteiger partial charge in [0.2, 0.25) is 0 Å². The number of benzene rings is 1. The van der Waals surface area contributed by atoms with Gasteiger partial charge in [-0.3, -0.25) is 9.69 Å². The molecule has 1 aromatic carbocycles. The van der Waals surface area contributed by atoms with Crippen LogP contribution in [-0.2, 0) is 39.6 Å². The lowest BCUT2D eigenvalue weighted by Crippen LogP contribution is -2.45. The van der Waals surface area contributed by atoms with Gasteiger partial charge in [0.1, 0.15) is 12.2 Å². The third-order valence-corrected chi connectivity index (χ3v) is 8.77. The third kappa shape index (κ3) is 5.09. The molecule has 11 nitrogen and oxygen atoms in total. The number of methoxy groups -OCH3 is 1. The molecule has 1 saturated heterocycles. The van der Waals surface area contributed by atoms with E-state index in [0.717, 1.165) is 24.0 Å². The Balaban J connectivity index is 1.38. The molecule has 2 N–H and O–H groups in total. The molecule has 1 fully saturated rings. The molecule has 5 heterocycles. The zero-order valence-corrected chi connectivity index (χ0v) is 25.6. The van der Waals surface area contributed by atoms with E-state index in [9.17, 15) is 23.9 Å². The highest BCUT2D eigenvalue weighted by Gasteiger charge is 2.45. The van der Waals surface area contributed by atoms with Crippen molar-refractivity contribution in [3.8, 4) is 17.1 Å². The van der Waals surface area contributed by atoms with Crippen LogP contribution in [0.4, 0.5) is 9.18 Å². The number of aromatic nitrogens is 2. The number of rotatable bonds is 5. The first-order valence-electron chi connectivity index (χ1n) is 14.9. The molecule has 3 aliphatic heterocycles. The molecule has 3 aliphatic rings. The van der Waals surface area contributed by atoms with Crippen molar-refractivity contribution in [1.29, 1.82) is 0 Å². The van der Waals surface area contributed by atoms with Gasteiger partial charge >= 0.3 is 12.1 Å². The molecule has 234 valence electrons. The minimum Gasteiger partial charge on any atom is -0.494 e. The molecule has 0 aliphatic carbocycles. The number of alkyl carbamates (subject to hydrolysis) is 1. The quantitative estimate of drug-likeness (QED) is 0.326. The molecule has 44 heavy (non-hydrogen) atoms. The summed E-state index contributed by atoms with van der Waals surface area (Å²) < 4.78 is 32.4. The number of carbonyl (C=O) groups excluding carboxylic acids is 2. The SMILES string of the molecule is CC[C@@]1(O)C(=O)OCc2c1cc1n(c2=O)Cc2c-1nc1cc(F)c(OC)cc1c2CN1CCC(NC(=O)OC(C)(C)C)CC1. The predicted molar refractivity (Wildman–Crippen MR) is 159 cm³/mol. The van der Waals surface area contributed by atoms with E-state index in [4.69, 9.17) is 19.2 Å². The topological polar surface area (TPSA) is 132 Å². The number of halogens is 1. The largest absolute Gasteiger partial charge is 0.494 e. The van der Waals surface area contributed by atoms with Crippen molar-refractivity contribution in [2.45, 2.75) is 83.9 Å². The number of piperidine rings is 1. The van der Waals surface area contributed by atoms with E-state index >= 15 is 0 Å². The Bertz CT molecular complexity index is 1740. The van der Waals surface area contributed by atoms with Crippen LogP contribution in [-0.4, -0.2) is 63.5 Å². The Morgan fingerprint density at radius 2 is 1.93 bits per heavy atom. The summed E-state index contributed by atoms with van der Waals surface area (Å²) in [6, 6.07) is 4.60. The van der Waals surface area contributed by atoms with Crippen LogP contribution in [0.2, 0.25) is 0 Å². The van der Waals surface area contributed by atoms with Crippen LogP contribution in [0.5, 0.6) is 5.75 Å². The monoisotopic (exact) mass is 608 g/mol. The second-order valence-corrected chi connectivity index (χ2v) is 12.7. The number of nitrogens with zero attached hydrogens (tertiary/aromatic N) is 3. The van der Waals surface area contributed by atoms with E-state index in [0.29, 0.717) is 41.9 Å². The highest BCUT2D eigenvalue weighted by molar-refractivity contribution is 5.90. The normalized spacial score (nSPS) is 20.1. The molecule has 0 unspecified atom stereocenters. The number of likely N-dealkylation sites (tertiary alicyclic amines) is 1. The van der Waals surface area contributed by atoms with Gasteiger partial charge in [0.15, 0.2) is 17.2 Å². The Morgan fingerprint density at radius 1 is 1.20 bits per heavy atom. The first-order valence-corrected chi connectivity index (χ1v) is 14.9. The van der Waals surface area contributed by atoms with Crippen molar-refractivity contribution in [3.63, 3.8) is 0 Å². The lowest BCUT2D eigenvalue weighted by atomic mass is 9.86. The third-order valence-electron chi connectivity index (χ3n) is 8.77. The average molecular weight is 609 g/mol. The van der Waals surface area contributed by atoms with E-state index in [-0.39, 0.29) is 48.0 Å². The highest BCUT2D eigenvalue weighted by atomic mass is 19.1. The van der Waals surface area contributed by atoms with Gasteiger partial charge in [0.05, 0.1) is 36.1 Å². The number of hydrogen-bond acceptors (Lipinski definition) is 9. The predicted octanol–water partition coefficient (Wildman–Crippen LogP) is 3.72. The number of ether oxygens (including phenoxy) is 3. The van der Waals surface area contributed by atoms with Crippen molar-refractivity contribution in [2.75, 3.05) is 20.2 Å². The van der Waals surface area contributed by atoms with E-state index in [2.05, 4.69) is 10.2 Å². The number of esters is 1. The second-order valence-electron chi connectivity index (χ2n) is 12.7. The maximum absolute atomic E-state index is 14.9. The van der Waals surface area contributed by atoms with Crippen molar-refractivity contribution in [2.24, 2.45) is 0 Å². The molecule has 0 spiro atoms. The fraction of sp³-hybridized carbons (Fsp3) is 0.500. The van der Waals surface area contributed by atoms with Crippen molar-refractivity contribution in [3.05, 3.63) is 56.6 Å². The molecular formula is C32H37FN4O7. The number of aliphatic hydroxyl groups is 1. The van der Waals surface area contributed by atoms with E-state index in [1.54, 1.807) is 23.6 Å². The van der Waals surface area contributed by atoms with E-state index in [1.165, 1.54) is 13.2 Å². The van der Waals surface area contributed by atoms with E-state index in [1.807, 2.05) is 20.8 Å². The molecular weight excluding hydrogens is 571 g/mol. The van der Waals surface area contributed by atoms with Crippen molar-refractivity contribution >= 4 is 23.0 Å². The first-order chi connectivity index (χ1) is 20.8. The summed E-state index contributed by atoms with van der Waals surface area (Å²) >= 11 is 0. The molecule has 12 heteroatoms. The Morgan fingerprint density at radius 3 is 2.59 bits per heavy atom. The lowest BCUT2D eigenvalue weighted by Gasteiger charge is -2.33. The van der Waals surface area contributed by atoms with Crippen LogP contribution in [0.25, 0.3) is 22.3 Å². The number of cyclic esters (lactones) is 1. The summed E-state index contributed by atoms with van der Waals surface area (Å²) in [4.78, 5) is 45.7. The highest BCUT2D eigenvalue weighted by Crippen LogP contribution is 2.41. The molecule has 2 aromatic heterocycles. The fourth-order valence-corrected chi connectivity index (χ4v) is 6.43. The van der Waals surface area contributed by atoms with Gasteiger partial charge in [-0.2, -0.15) is 0 Å². The number of hydrogen-bond donors (Lipinski definition) is 2. The summed E-state index contributed by atoms with van der Waals surface area (Å²) in [5, 5.41) is 14.9. The molecule has 0 bridgehead atoms.